The van der Waals surface area contributed by atoms with Crippen molar-refractivity contribution < 1.29 is 10.0 Å². The number of H-pyrrole nitrogens is 1. The lowest BCUT2D eigenvalue weighted by atomic mass is 10.0. The molecule has 108 valence electrons. The Morgan fingerprint density at radius 2 is 1.95 bits per heavy atom. The zero-order valence-electron chi connectivity index (χ0n) is 11.0. The predicted octanol–water partition coefficient (Wildman–Crippen LogP) is 1.52. The smallest absolute Gasteiger partial charge is 0.298 e. The molecule has 21 heavy (non-hydrogen) atoms. The summed E-state index contributed by atoms with van der Waals surface area (Å²) in [6.07, 6.45) is 0. The van der Waals surface area contributed by atoms with Gasteiger partial charge in [-0.1, -0.05) is 0 Å². The maximum Gasteiger partial charge on any atom is 0.298 e. The molecule has 2 N–H and O–H groups in total. The van der Waals surface area contributed by atoms with Crippen LogP contribution in [0.15, 0.2) is 20.8 Å². The molecule has 0 aliphatic carbocycles. The van der Waals surface area contributed by atoms with Crippen molar-refractivity contribution in [2.45, 2.75) is 13.8 Å². The minimum atomic E-state index is -1.36. The van der Waals surface area contributed by atoms with E-state index >= 15 is 0 Å². The zero-order valence-corrected chi connectivity index (χ0v) is 11.0. The molecular formula is C12H9N3O6. The van der Waals surface area contributed by atoms with Crippen LogP contribution in [0.4, 0.5) is 11.4 Å². The first-order valence-electron chi connectivity index (χ1n) is 5.70. The van der Waals surface area contributed by atoms with Crippen LogP contribution in [0.5, 0.6) is 5.75 Å². The highest BCUT2D eigenvalue weighted by Crippen LogP contribution is 2.38. The summed E-state index contributed by atoms with van der Waals surface area (Å²) >= 11 is 0. The van der Waals surface area contributed by atoms with Gasteiger partial charge in [-0.25, -0.2) is 0 Å². The Balaban J connectivity index is 3.33. The third-order valence-corrected chi connectivity index (χ3v) is 3.22. The molecule has 0 amide bonds. The first-order chi connectivity index (χ1) is 9.79. The average Bonchev–Trinajstić information content (AvgIpc) is 2.49. The van der Waals surface area contributed by atoms with E-state index in [-0.39, 0.29) is 11.1 Å². The van der Waals surface area contributed by atoms with Crippen LogP contribution in [0.25, 0.3) is 10.9 Å². The van der Waals surface area contributed by atoms with Crippen LogP contribution in [0.1, 0.15) is 11.1 Å². The highest BCUT2D eigenvalue weighted by molar-refractivity contribution is 5.97. The quantitative estimate of drug-likeness (QED) is 0.371. The molecule has 0 bridgehead atoms. The molecule has 2 aromatic rings. The summed E-state index contributed by atoms with van der Waals surface area (Å²) in [6, 6.07) is 1.37. The van der Waals surface area contributed by atoms with Gasteiger partial charge in [-0.2, -0.15) is 0 Å². The van der Waals surface area contributed by atoms with Crippen LogP contribution in [0.3, 0.4) is 0 Å². The fraction of sp³-hybridized carbons (Fsp3) is 0.167. The molecule has 1 heterocycles. The lowest BCUT2D eigenvalue weighted by molar-refractivity contribution is -0.383. The Labute approximate surface area is 116 Å². The van der Waals surface area contributed by atoms with Crippen molar-refractivity contribution in [1.82, 2.24) is 4.98 Å². The molecule has 0 aliphatic heterocycles. The number of nitro groups is 1. The summed E-state index contributed by atoms with van der Waals surface area (Å²) in [4.78, 5) is 46.5. The van der Waals surface area contributed by atoms with Gasteiger partial charge < -0.3 is 10.1 Å². The van der Waals surface area contributed by atoms with E-state index in [0.29, 0.717) is 5.56 Å². The number of aromatic nitrogens is 1. The highest BCUT2D eigenvalue weighted by Gasteiger charge is 2.24. The molecule has 0 saturated heterocycles. The maximum atomic E-state index is 11.6. The van der Waals surface area contributed by atoms with Crippen LogP contribution < -0.4 is 11.0 Å². The molecule has 0 spiro atoms. The largest absolute Gasteiger partial charge is 0.505 e. The molecule has 1 aromatic heterocycles. The number of benzene rings is 1. The topological polar surface area (TPSA) is 143 Å². The number of nitro benzene ring substituents is 1. The maximum absolute atomic E-state index is 11.6. The predicted molar refractivity (Wildman–Crippen MR) is 74.1 cm³/mol. The second kappa shape index (κ2) is 4.78. The van der Waals surface area contributed by atoms with E-state index in [9.17, 15) is 29.7 Å². The summed E-state index contributed by atoms with van der Waals surface area (Å²) in [7, 11) is 0. The lowest BCUT2D eigenvalue weighted by Crippen LogP contribution is -2.22. The van der Waals surface area contributed by atoms with Gasteiger partial charge in [0.25, 0.3) is 16.7 Å². The van der Waals surface area contributed by atoms with Gasteiger partial charge in [0.15, 0.2) is 5.75 Å². The average molecular weight is 291 g/mol. The van der Waals surface area contributed by atoms with E-state index in [0.717, 1.165) is 0 Å². The summed E-state index contributed by atoms with van der Waals surface area (Å²) in [6.45, 7) is 3.02. The standard InChI is InChI=1S/C12H9N3O6/c1-4-3-6-7(9(5(4)2)15(20)21)10(16)8(14-19)11(17)12(18)13-6/h3,16H,1-2H3,(H,13,17,18). The van der Waals surface area contributed by atoms with Crippen molar-refractivity contribution in [3.05, 3.63) is 52.8 Å². The Morgan fingerprint density at radius 1 is 1.33 bits per heavy atom. The van der Waals surface area contributed by atoms with E-state index in [2.05, 4.69) is 10.2 Å². The van der Waals surface area contributed by atoms with Gasteiger partial charge in [0.05, 0.1) is 10.4 Å². The number of nitrogens with zero attached hydrogens (tertiary/aromatic N) is 2. The summed E-state index contributed by atoms with van der Waals surface area (Å²) in [5, 5.41) is 23.1. The van der Waals surface area contributed by atoms with E-state index in [1.807, 2.05) is 0 Å². The fourth-order valence-electron chi connectivity index (χ4n) is 2.06. The molecule has 1 aromatic carbocycles. The third kappa shape index (κ3) is 2.04. The van der Waals surface area contributed by atoms with Crippen LogP contribution in [0.2, 0.25) is 0 Å². The van der Waals surface area contributed by atoms with Crippen LogP contribution >= 0.6 is 0 Å². The molecule has 0 unspecified atom stereocenters. The number of nitrogens with one attached hydrogen (secondary N) is 1. The second-order valence-electron chi connectivity index (χ2n) is 4.42. The monoisotopic (exact) mass is 291 g/mol. The number of rotatable bonds is 2. The first-order valence-corrected chi connectivity index (χ1v) is 5.70. The van der Waals surface area contributed by atoms with Crippen molar-refractivity contribution >= 4 is 22.3 Å². The fourth-order valence-corrected chi connectivity index (χ4v) is 2.06. The van der Waals surface area contributed by atoms with Crippen LogP contribution in [-0.4, -0.2) is 15.0 Å². The number of aryl methyl sites for hydroxylation is 1. The molecule has 0 radical (unpaired) electrons. The van der Waals surface area contributed by atoms with Crippen molar-refractivity contribution in [1.29, 1.82) is 0 Å². The number of nitroso groups, excluding NO2 is 1. The SMILES string of the molecule is Cc1cc2[nH]c(=O)c(=O)c(N=O)c(O)c2c([N+](=O)[O-])c1C. The molecular weight excluding hydrogens is 282 g/mol. The zero-order chi connectivity index (χ0) is 15.9. The van der Waals surface area contributed by atoms with Crippen molar-refractivity contribution in [3.8, 4) is 5.75 Å². The van der Waals surface area contributed by atoms with Gasteiger partial charge in [0.1, 0.15) is 5.39 Å². The Morgan fingerprint density at radius 3 is 2.48 bits per heavy atom. The molecule has 9 heteroatoms. The molecule has 2 rings (SSSR count). The number of aromatic amines is 1. The minimum absolute atomic E-state index is 0.126. The summed E-state index contributed by atoms with van der Waals surface area (Å²) in [5.41, 5.74) is -3.53. The number of aromatic hydroxyl groups is 1. The molecule has 0 aliphatic rings. The van der Waals surface area contributed by atoms with Gasteiger partial charge in [-0.15, -0.1) is 4.91 Å². The van der Waals surface area contributed by atoms with Gasteiger partial charge >= 0.3 is 0 Å². The summed E-state index contributed by atoms with van der Waals surface area (Å²) < 4.78 is 0. The minimum Gasteiger partial charge on any atom is -0.505 e. The van der Waals surface area contributed by atoms with E-state index in [1.54, 1.807) is 6.92 Å². The van der Waals surface area contributed by atoms with Crippen LogP contribution in [-0.2, 0) is 0 Å². The van der Waals surface area contributed by atoms with Crippen molar-refractivity contribution in [2.24, 2.45) is 5.18 Å². The first kappa shape index (κ1) is 14.3. The van der Waals surface area contributed by atoms with E-state index < -0.39 is 38.4 Å². The normalized spacial score (nSPS) is 10.6. The lowest BCUT2D eigenvalue weighted by Gasteiger charge is -2.05. The highest BCUT2D eigenvalue weighted by atomic mass is 16.6. The van der Waals surface area contributed by atoms with Crippen molar-refractivity contribution in [3.63, 3.8) is 0 Å². The second-order valence-corrected chi connectivity index (χ2v) is 4.42. The van der Waals surface area contributed by atoms with E-state index in [1.165, 1.54) is 13.0 Å². The molecule has 0 fully saturated rings. The summed E-state index contributed by atoms with van der Waals surface area (Å²) in [5.74, 6) is -0.988. The van der Waals surface area contributed by atoms with Gasteiger partial charge in [-0.05, 0) is 30.7 Å². The number of hydrogen-bond donors (Lipinski definition) is 2. The molecule has 0 atom stereocenters. The molecule has 0 saturated carbocycles. The number of hydrogen-bond acceptors (Lipinski definition) is 7. The molecule has 9 nitrogen and oxygen atoms in total. The number of fused-ring (bicyclic) bond motifs is 1. The third-order valence-electron chi connectivity index (χ3n) is 3.22. The van der Waals surface area contributed by atoms with Gasteiger partial charge in [-0.3, -0.25) is 19.7 Å². The van der Waals surface area contributed by atoms with Gasteiger partial charge in [0.2, 0.25) is 5.69 Å². The Bertz CT molecular complexity index is 916. The Hall–Kier alpha value is -3.10. The Kier molecular flexibility index (Phi) is 3.26. The van der Waals surface area contributed by atoms with Crippen molar-refractivity contribution in [2.75, 3.05) is 0 Å². The van der Waals surface area contributed by atoms with Gasteiger partial charge in [0, 0.05) is 5.56 Å². The van der Waals surface area contributed by atoms with Crippen LogP contribution in [0, 0.1) is 28.9 Å². The van der Waals surface area contributed by atoms with E-state index in [4.69, 9.17) is 0 Å².